The van der Waals surface area contributed by atoms with Gasteiger partial charge in [0.2, 0.25) is 0 Å². The second kappa shape index (κ2) is 8.94. The summed E-state index contributed by atoms with van der Waals surface area (Å²) in [6, 6.07) is 15.0. The highest BCUT2D eigenvalue weighted by Crippen LogP contribution is 2.12. The Bertz CT molecular complexity index is 967. The molecular formula is C21H20FN3O3. The Kier molecular flexibility index (Phi) is 6.16. The van der Waals surface area contributed by atoms with Gasteiger partial charge in [0.15, 0.2) is 6.61 Å². The fourth-order valence-corrected chi connectivity index (χ4v) is 2.68. The molecule has 0 aliphatic carbocycles. The molecule has 0 aliphatic heterocycles. The van der Waals surface area contributed by atoms with Crippen LogP contribution in [0.15, 0.2) is 60.8 Å². The maximum atomic E-state index is 13.5. The highest BCUT2D eigenvalue weighted by Gasteiger charge is 2.11. The van der Waals surface area contributed by atoms with Gasteiger partial charge in [-0.2, -0.15) is 5.10 Å². The average molecular weight is 381 g/mol. The van der Waals surface area contributed by atoms with E-state index in [1.54, 1.807) is 53.3 Å². The average Bonchev–Trinajstić information content (AvgIpc) is 3.13. The van der Waals surface area contributed by atoms with Gasteiger partial charge >= 0.3 is 5.97 Å². The van der Waals surface area contributed by atoms with E-state index in [-0.39, 0.29) is 12.4 Å². The molecule has 6 nitrogen and oxygen atoms in total. The van der Waals surface area contributed by atoms with Crippen LogP contribution in [-0.2, 0) is 16.0 Å². The maximum absolute atomic E-state index is 13.5. The minimum atomic E-state index is -0.590. The summed E-state index contributed by atoms with van der Waals surface area (Å²) in [5, 5.41) is 6.80. The van der Waals surface area contributed by atoms with Gasteiger partial charge in [-0.05, 0) is 55.3 Å². The van der Waals surface area contributed by atoms with E-state index < -0.39 is 18.5 Å². The first-order valence-corrected chi connectivity index (χ1v) is 8.83. The van der Waals surface area contributed by atoms with E-state index in [9.17, 15) is 14.0 Å². The molecular weight excluding hydrogens is 361 g/mol. The molecule has 0 saturated carbocycles. The van der Waals surface area contributed by atoms with Crippen molar-refractivity contribution in [2.24, 2.45) is 0 Å². The third kappa shape index (κ3) is 4.82. The largest absolute Gasteiger partial charge is 0.452 e. The summed E-state index contributed by atoms with van der Waals surface area (Å²) in [7, 11) is 0. The van der Waals surface area contributed by atoms with Crippen LogP contribution in [0, 0.1) is 12.7 Å². The lowest BCUT2D eigenvalue weighted by atomic mass is 10.1. The standard InChI is InChI=1S/C21H20FN3O3/c1-15-10-13-24-25(15)18-8-6-17(7-9-18)21(27)28-14-20(26)23-12-11-16-4-2-3-5-19(16)22/h2-10,13H,11-12,14H2,1H3,(H,23,26). The van der Waals surface area contributed by atoms with Gasteiger partial charge in [0, 0.05) is 18.4 Å². The molecule has 3 aromatic rings. The molecule has 0 atom stereocenters. The van der Waals surface area contributed by atoms with Crippen molar-refractivity contribution in [3.8, 4) is 5.69 Å². The number of nitrogens with one attached hydrogen (secondary N) is 1. The van der Waals surface area contributed by atoms with Gasteiger partial charge in [0.25, 0.3) is 5.91 Å². The van der Waals surface area contributed by atoms with E-state index >= 15 is 0 Å². The molecule has 28 heavy (non-hydrogen) atoms. The lowest BCUT2D eigenvalue weighted by Crippen LogP contribution is -2.30. The SMILES string of the molecule is Cc1ccnn1-c1ccc(C(=O)OCC(=O)NCCc2ccccc2F)cc1. The number of hydrogen-bond acceptors (Lipinski definition) is 4. The number of carbonyl (C=O) groups excluding carboxylic acids is 2. The fourth-order valence-electron chi connectivity index (χ4n) is 2.68. The van der Waals surface area contributed by atoms with Crippen LogP contribution in [0.5, 0.6) is 0 Å². The Morgan fingerprint density at radius 2 is 1.86 bits per heavy atom. The van der Waals surface area contributed by atoms with Crippen molar-refractivity contribution in [2.75, 3.05) is 13.2 Å². The molecule has 7 heteroatoms. The van der Waals surface area contributed by atoms with Crippen molar-refractivity contribution in [3.63, 3.8) is 0 Å². The van der Waals surface area contributed by atoms with Gasteiger partial charge in [0.05, 0.1) is 11.3 Å². The quantitative estimate of drug-likeness (QED) is 0.639. The molecule has 0 saturated heterocycles. The van der Waals surface area contributed by atoms with Crippen molar-refractivity contribution in [1.82, 2.24) is 15.1 Å². The molecule has 0 aliphatic rings. The highest BCUT2D eigenvalue weighted by atomic mass is 19.1. The predicted octanol–water partition coefficient (Wildman–Crippen LogP) is 2.84. The molecule has 144 valence electrons. The summed E-state index contributed by atoms with van der Waals surface area (Å²) in [5.74, 6) is -1.33. The molecule has 0 unspecified atom stereocenters. The summed E-state index contributed by atoms with van der Waals surface area (Å²) in [4.78, 5) is 23.9. The molecule has 2 aromatic carbocycles. The van der Waals surface area contributed by atoms with Crippen LogP contribution in [0.3, 0.4) is 0 Å². The lowest BCUT2D eigenvalue weighted by molar-refractivity contribution is -0.124. The van der Waals surface area contributed by atoms with E-state index in [1.807, 2.05) is 13.0 Å². The zero-order valence-electron chi connectivity index (χ0n) is 15.4. The lowest BCUT2D eigenvalue weighted by Gasteiger charge is -2.08. The van der Waals surface area contributed by atoms with Gasteiger partial charge < -0.3 is 10.1 Å². The number of aryl methyl sites for hydroxylation is 1. The second-order valence-electron chi connectivity index (χ2n) is 6.20. The first-order chi connectivity index (χ1) is 13.5. The van der Waals surface area contributed by atoms with Gasteiger partial charge in [0.1, 0.15) is 5.82 Å². The third-order valence-corrected chi connectivity index (χ3v) is 4.19. The van der Waals surface area contributed by atoms with Crippen LogP contribution in [0.25, 0.3) is 5.69 Å². The molecule has 1 heterocycles. The summed E-state index contributed by atoms with van der Waals surface area (Å²) in [6.45, 7) is 1.80. The molecule has 1 aromatic heterocycles. The zero-order chi connectivity index (χ0) is 19.9. The Balaban J connectivity index is 1.45. The van der Waals surface area contributed by atoms with Crippen LogP contribution in [-0.4, -0.2) is 34.8 Å². The predicted molar refractivity (Wildman–Crippen MR) is 102 cm³/mol. The van der Waals surface area contributed by atoms with Crippen molar-refractivity contribution in [2.45, 2.75) is 13.3 Å². The summed E-state index contributed by atoms with van der Waals surface area (Å²) in [6.07, 6.45) is 2.06. The minimum absolute atomic E-state index is 0.259. The minimum Gasteiger partial charge on any atom is -0.452 e. The number of nitrogens with zero attached hydrogens (tertiary/aromatic N) is 2. The van der Waals surface area contributed by atoms with E-state index in [0.29, 0.717) is 17.5 Å². The van der Waals surface area contributed by atoms with Gasteiger partial charge in [-0.15, -0.1) is 0 Å². The molecule has 0 bridgehead atoms. The van der Waals surface area contributed by atoms with Crippen LogP contribution < -0.4 is 5.32 Å². The van der Waals surface area contributed by atoms with E-state index in [2.05, 4.69) is 10.4 Å². The molecule has 3 rings (SSSR count). The number of hydrogen-bond donors (Lipinski definition) is 1. The third-order valence-electron chi connectivity index (χ3n) is 4.19. The first-order valence-electron chi connectivity index (χ1n) is 8.83. The Morgan fingerprint density at radius 3 is 2.54 bits per heavy atom. The number of halogens is 1. The number of esters is 1. The number of carbonyl (C=O) groups is 2. The highest BCUT2D eigenvalue weighted by molar-refractivity contribution is 5.91. The first kappa shape index (κ1) is 19.3. The topological polar surface area (TPSA) is 73.2 Å². The van der Waals surface area contributed by atoms with Crippen molar-refractivity contribution in [1.29, 1.82) is 0 Å². The van der Waals surface area contributed by atoms with E-state index in [0.717, 1.165) is 11.4 Å². The molecule has 1 N–H and O–H groups in total. The zero-order valence-corrected chi connectivity index (χ0v) is 15.4. The summed E-state index contributed by atoms with van der Waals surface area (Å²) in [5.41, 5.74) is 2.66. The molecule has 1 amide bonds. The molecule has 0 fully saturated rings. The van der Waals surface area contributed by atoms with Gasteiger partial charge in [-0.25, -0.2) is 13.9 Å². The Labute approximate surface area is 161 Å². The Hall–Kier alpha value is -3.48. The monoisotopic (exact) mass is 381 g/mol. The number of rotatable bonds is 7. The number of ether oxygens (including phenoxy) is 1. The maximum Gasteiger partial charge on any atom is 0.338 e. The van der Waals surface area contributed by atoms with E-state index in [1.165, 1.54) is 6.07 Å². The number of amides is 1. The molecule has 0 radical (unpaired) electrons. The van der Waals surface area contributed by atoms with Crippen LogP contribution in [0.1, 0.15) is 21.6 Å². The second-order valence-corrected chi connectivity index (χ2v) is 6.20. The van der Waals surface area contributed by atoms with Gasteiger partial charge in [-0.3, -0.25) is 4.79 Å². The van der Waals surface area contributed by atoms with E-state index in [4.69, 9.17) is 4.74 Å². The van der Waals surface area contributed by atoms with Crippen LogP contribution in [0.2, 0.25) is 0 Å². The van der Waals surface area contributed by atoms with Crippen LogP contribution >= 0.6 is 0 Å². The molecule has 0 spiro atoms. The summed E-state index contributed by atoms with van der Waals surface area (Å²) >= 11 is 0. The van der Waals surface area contributed by atoms with Crippen molar-refractivity contribution in [3.05, 3.63) is 83.4 Å². The van der Waals surface area contributed by atoms with Crippen molar-refractivity contribution < 1.29 is 18.7 Å². The van der Waals surface area contributed by atoms with Crippen molar-refractivity contribution >= 4 is 11.9 Å². The Morgan fingerprint density at radius 1 is 1.11 bits per heavy atom. The normalized spacial score (nSPS) is 10.5. The summed E-state index contributed by atoms with van der Waals surface area (Å²) < 4.78 is 20.3. The number of aromatic nitrogens is 2. The fraction of sp³-hybridized carbons (Fsp3) is 0.190. The van der Waals surface area contributed by atoms with Crippen LogP contribution in [0.4, 0.5) is 4.39 Å². The van der Waals surface area contributed by atoms with Gasteiger partial charge in [-0.1, -0.05) is 18.2 Å². The number of benzene rings is 2. The smallest absolute Gasteiger partial charge is 0.338 e.